The molecule has 0 bridgehead atoms. The zero-order valence-electron chi connectivity index (χ0n) is 13.4. The standard InChI is InChI=1S/C21H20Br2P/c22-21(23)16-17-24(18-10-4-1-5-11-18,19-12-6-2-7-13-19)20-14-8-3-9-15-20/h1-15,21H,16-17H2/q+1. The van der Waals surface area contributed by atoms with Crippen LogP contribution in [0.15, 0.2) is 91.0 Å². The fourth-order valence-electron chi connectivity index (χ4n) is 3.17. The number of rotatable bonds is 6. The van der Waals surface area contributed by atoms with Crippen LogP contribution in [0.1, 0.15) is 6.42 Å². The van der Waals surface area contributed by atoms with Crippen LogP contribution in [0.4, 0.5) is 0 Å². The summed E-state index contributed by atoms with van der Waals surface area (Å²) in [4.78, 5) is 0. The van der Waals surface area contributed by atoms with Gasteiger partial charge >= 0.3 is 0 Å². The molecule has 0 aliphatic heterocycles. The molecule has 122 valence electrons. The Morgan fingerprint density at radius 1 is 0.583 bits per heavy atom. The van der Waals surface area contributed by atoms with Gasteiger partial charge in [0.05, 0.1) is 9.90 Å². The van der Waals surface area contributed by atoms with E-state index in [2.05, 4.69) is 123 Å². The van der Waals surface area contributed by atoms with E-state index >= 15 is 0 Å². The van der Waals surface area contributed by atoms with Gasteiger partial charge in [-0.1, -0.05) is 86.5 Å². The zero-order valence-corrected chi connectivity index (χ0v) is 17.4. The maximum absolute atomic E-state index is 3.68. The highest BCUT2D eigenvalue weighted by atomic mass is 79.9. The van der Waals surface area contributed by atoms with Crippen LogP contribution in [0.2, 0.25) is 0 Å². The molecule has 0 aliphatic carbocycles. The SMILES string of the molecule is BrC(Br)CC[P+](c1ccccc1)(c1ccccc1)c1ccccc1. The Labute approximate surface area is 161 Å². The Hall–Kier alpha value is -0.950. The van der Waals surface area contributed by atoms with Gasteiger partial charge in [0.1, 0.15) is 23.2 Å². The summed E-state index contributed by atoms with van der Waals surface area (Å²) < 4.78 is 0.334. The molecule has 0 fully saturated rings. The largest absolute Gasteiger partial charge is 0.112 e. The third-order valence-electron chi connectivity index (χ3n) is 4.27. The van der Waals surface area contributed by atoms with E-state index in [1.54, 1.807) is 0 Å². The van der Waals surface area contributed by atoms with Gasteiger partial charge in [0.2, 0.25) is 0 Å². The van der Waals surface area contributed by atoms with E-state index in [0.29, 0.717) is 3.74 Å². The molecule has 0 unspecified atom stereocenters. The van der Waals surface area contributed by atoms with Crippen molar-refractivity contribution in [2.45, 2.75) is 10.2 Å². The van der Waals surface area contributed by atoms with Gasteiger partial charge in [-0.05, 0) is 36.4 Å². The molecule has 3 aromatic carbocycles. The summed E-state index contributed by atoms with van der Waals surface area (Å²) in [6.07, 6.45) is 2.21. The molecule has 0 atom stereocenters. The summed E-state index contributed by atoms with van der Waals surface area (Å²) in [5.74, 6) is 0. The van der Waals surface area contributed by atoms with Crippen LogP contribution in [-0.4, -0.2) is 9.90 Å². The first-order valence-corrected chi connectivity index (χ1v) is 11.9. The second-order valence-electron chi connectivity index (χ2n) is 5.72. The summed E-state index contributed by atoms with van der Waals surface area (Å²) >= 11 is 7.36. The lowest BCUT2D eigenvalue weighted by Crippen LogP contribution is -2.33. The average Bonchev–Trinajstić information content (AvgIpc) is 2.65. The van der Waals surface area contributed by atoms with Gasteiger partial charge in [0, 0.05) is 6.42 Å². The van der Waals surface area contributed by atoms with E-state index in [-0.39, 0.29) is 0 Å². The van der Waals surface area contributed by atoms with Gasteiger partial charge in [-0.25, -0.2) is 0 Å². The van der Waals surface area contributed by atoms with Crippen LogP contribution in [0.3, 0.4) is 0 Å². The molecule has 0 nitrogen and oxygen atoms in total. The van der Waals surface area contributed by atoms with E-state index in [1.165, 1.54) is 15.9 Å². The molecule has 3 aromatic rings. The fraction of sp³-hybridized carbons (Fsp3) is 0.143. The monoisotopic (exact) mass is 461 g/mol. The Morgan fingerprint density at radius 2 is 0.917 bits per heavy atom. The molecule has 0 heterocycles. The maximum Gasteiger partial charge on any atom is 0.112 e. The first kappa shape index (κ1) is 17.9. The van der Waals surface area contributed by atoms with E-state index in [1.807, 2.05) is 0 Å². The summed E-state index contributed by atoms with van der Waals surface area (Å²) in [5, 5.41) is 4.34. The fourth-order valence-corrected chi connectivity index (χ4v) is 8.70. The van der Waals surface area contributed by atoms with Gasteiger partial charge in [-0.3, -0.25) is 0 Å². The second kappa shape index (κ2) is 8.43. The van der Waals surface area contributed by atoms with Gasteiger partial charge in [0.15, 0.2) is 0 Å². The number of benzene rings is 3. The normalized spacial score (nSPS) is 11.6. The van der Waals surface area contributed by atoms with Gasteiger partial charge in [0.25, 0.3) is 0 Å². The van der Waals surface area contributed by atoms with Gasteiger partial charge in [-0.15, -0.1) is 0 Å². The van der Waals surface area contributed by atoms with E-state index in [0.717, 1.165) is 12.6 Å². The molecule has 0 N–H and O–H groups in total. The molecule has 0 saturated carbocycles. The topological polar surface area (TPSA) is 0 Å². The number of hydrogen-bond donors (Lipinski definition) is 0. The predicted octanol–water partition coefficient (Wildman–Crippen LogP) is 5.49. The van der Waals surface area contributed by atoms with Crippen molar-refractivity contribution in [3.63, 3.8) is 0 Å². The van der Waals surface area contributed by atoms with Crippen LogP contribution >= 0.6 is 39.1 Å². The minimum Gasteiger partial charge on any atom is -0.0763 e. The van der Waals surface area contributed by atoms with E-state index in [9.17, 15) is 0 Å². The number of hydrogen-bond acceptors (Lipinski definition) is 0. The third kappa shape index (κ3) is 3.82. The van der Waals surface area contributed by atoms with Crippen molar-refractivity contribution in [3.05, 3.63) is 91.0 Å². The summed E-state index contributed by atoms with van der Waals surface area (Å²) in [7, 11) is -1.67. The van der Waals surface area contributed by atoms with Crippen molar-refractivity contribution in [1.82, 2.24) is 0 Å². The molecule has 0 aliphatic rings. The smallest absolute Gasteiger partial charge is 0.0763 e. The first-order valence-electron chi connectivity index (χ1n) is 8.06. The molecule has 3 rings (SSSR count). The van der Waals surface area contributed by atoms with Crippen molar-refractivity contribution < 1.29 is 0 Å². The summed E-state index contributed by atoms with van der Waals surface area (Å²) in [6, 6.07) is 33.1. The van der Waals surface area contributed by atoms with Gasteiger partial charge < -0.3 is 0 Å². The van der Waals surface area contributed by atoms with Gasteiger partial charge in [-0.2, -0.15) is 0 Å². The molecular formula is C21H20Br2P+. The highest BCUT2D eigenvalue weighted by Gasteiger charge is 2.44. The summed E-state index contributed by atoms with van der Waals surface area (Å²) in [5.41, 5.74) is 0. The van der Waals surface area contributed by atoms with Crippen LogP contribution < -0.4 is 15.9 Å². The Kier molecular flexibility index (Phi) is 6.27. The molecule has 0 saturated heterocycles. The number of alkyl halides is 2. The van der Waals surface area contributed by atoms with Crippen molar-refractivity contribution in [3.8, 4) is 0 Å². The Bertz CT molecular complexity index is 646. The zero-order chi connectivity index (χ0) is 16.8. The number of halogens is 2. The first-order chi connectivity index (χ1) is 11.7. The summed E-state index contributed by atoms with van der Waals surface area (Å²) in [6.45, 7) is 0. The molecule has 24 heavy (non-hydrogen) atoms. The van der Waals surface area contributed by atoms with Crippen LogP contribution in [0, 0.1) is 0 Å². The maximum atomic E-state index is 3.68. The van der Waals surface area contributed by atoms with Crippen LogP contribution in [0.25, 0.3) is 0 Å². The van der Waals surface area contributed by atoms with Crippen LogP contribution in [0.5, 0.6) is 0 Å². The minimum atomic E-state index is -1.67. The molecule has 0 amide bonds. The second-order valence-corrected chi connectivity index (χ2v) is 12.8. The minimum absolute atomic E-state index is 0.334. The Balaban J connectivity index is 2.24. The quantitative estimate of drug-likeness (QED) is 0.335. The molecule has 3 heteroatoms. The van der Waals surface area contributed by atoms with Crippen molar-refractivity contribution in [1.29, 1.82) is 0 Å². The van der Waals surface area contributed by atoms with Crippen LogP contribution in [-0.2, 0) is 0 Å². The average molecular weight is 463 g/mol. The van der Waals surface area contributed by atoms with E-state index in [4.69, 9.17) is 0 Å². The molecular weight excluding hydrogens is 443 g/mol. The lowest BCUT2D eigenvalue weighted by molar-refractivity contribution is 1.09. The lowest BCUT2D eigenvalue weighted by atomic mass is 10.4. The highest BCUT2D eigenvalue weighted by molar-refractivity contribution is 9.24. The van der Waals surface area contributed by atoms with Crippen molar-refractivity contribution in [2.75, 3.05) is 6.16 Å². The van der Waals surface area contributed by atoms with Crippen molar-refractivity contribution in [2.24, 2.45) is 0 Å². The molecule has 0 spiro atoms. The molecule has 0 radical (unpaired) electrons. The van der Waals surface area contributed by atoms with E-state index < -0.39 is 7.26 Å². The van der Waals surface area contributed by atoms with Crippen molar-refractivity contribution >= 4 is 55.0 Å². The Morgan fingerprint density at radius 3 is 1.21 bits per heavy atom. The predicted molar refractivity (Wildman–Crippen MR) is 116 cm³/mol. The molecule has 0 aromatic heterocycles. The highest BCUT2D eigenvalue weighted by Crippen LogP contribution is 2.56. The third-order valence-corrected chi connectivity index (χ3v) is 9.66. The lowest BCUT2D eigenvalue weighted by Gasteiger charge is -2.28.